The monoisotopic (exact) mass is 328 g/mol. The Morgan fingerprint density at radius 3 is 2.68 bits per heavy atom. The third kappa shape index (κ3) is 4.59. The van der Waals surface area contributed by atoms with Gasteiger partial charge in [-0.2, -0.15) is 0 Å². The van der Waals surface area contributed by atoms with Gasteiger partial charge in [0.1, 0.15) is 0 Å². The summed E-state index contributed by atoms with van der Waals surface area (Å²) in [5.41, 5.74) is 0.101. The van der Waals surface area contributed by atoms with Crippen LogP contribution in [0.15, 0.2) is 18.2 Å². The van der Waals surface area contributed by atoms with Gasteiger partial charge in [-0.3, -0.25) is 14.8 Å². The lowest BCUT2D eigenvalue weighted by atomic mass is 9.89. The fourth-order valence-electron chi connectivity index (χ4n) is 2.67. The summed E-state index contributed by atoms with van der Waals surface area (Å²) in [6.07, 6.45) is 4.89. The number of non-ortho nitro benzene ring substituents is 1. The van der Waals surface area contributed by atoms with Crippen molar-refractivity contribution >= 4 is 21.4 Å². The number of sulfonamides is 1. The first-order chi connectivity index (χ1) is 10.2. The smallest absolute Gasteiger partial charge is 0.273 e. The van der Waals surface area contributed by atoms with Crippen molar-refractivity contribution in [1.29, 1.82) is 0 Å². The minimum atomic E-state index is -3.48. The average molecular weight is 328 g/mol. The molecule has 0 heterocycles. The standard InChI is InChI=1S/C14H20N2O5S/c1-10-4-3-5-12(8-10)21-14-9-11(16(17)18)6-7-13(14)15-22(2,19)20/h6-7,9-10,12,15H,3-5,8H2,1-2H3. The van der Waals surface area contributed by atoms with Crippen molar-refractivity contribution in [3.63, 3.8) is 0 Å². The van der Waals surface area contributed by atoms with Crippen LogP contribution in [0.25, 0.3) is 0 Å². The molecule has 0 bridgehead atoms. The van der Waals surface area contributed by atoms with Crippen molar-refractivity contribution in [2.24, 2.45) is 5.92 Å². The van der Waals surface area contributed by atoms with Crippen LogP contribution in [0, 0.1) is 16.0 Å². The van der Waals surface area contributed by atoms with Gasteiger partial charge in [-0.25, -0.2) is 8.42 Å². The maximum atomic E-state index is 11.4. The summed E-state index contributed by atoms with van der Waals surface area (Å²) < 4.78 is 31.0. The molecule has 1 N–H and O–H groups in total. The quantitative estimate of drug-likeness (QED) is 0.662. The van der Waals surface area contributed by atoms with Crippen LogP contribution in [0.2, 0.25) is 0 Å². The van der Waals surface area contributed by atoms with Gasteiger partial charge in [0.25, 0.3) is 5.69 Å². The van der Waals surface area contributed by atoms with Crippen LogP contribution < -0.4 is 9.46 Å². The topological polar surface area (TPSA) is 98.5 Å². The SMILES string of the molecule is CC1CCCC(Oc2cc([N+](=O)[O-])ccc2NS(C)(=O)=O)C1. The maximum absolute atomic E-state index is 11.4. The summed E-state index contributed by atoms with van der Waals surface area (Å²) >= 11 is 0. The molecule has 2 unspecified atom stereocenters. The summed E-state index contributed by atoms with van der Waals surface area (Å²) in [4.78, 5) is 10.4. The highest BCUT2D eigenvalue weighted by atomic mass is 32.2. The van der Waals surface area contributed by atoms with Crippen LogP contribution in [-0.4, -0.2) is 25.7 Å². The van der Waals surface area contributed by atoms with Gasteiger partial charge in [-0.1, -0.05) is 13.3 Å². The van der Waals surface area contributed by atoms with Gasteiger partial charge in [0.15, 0.2) is 5.75 Å². The zero-order valence-corrected chi connectivity index (χ0v) is 13.4. The second kappa shape index (κ2) is 6.51. The van der Waals surface area contributed by atoms with E-state index in [4.69, 9.17) is 4.74 Å². The first-order valence-electron chi connectivity index (χ1n) is 7.17. The van der Waals surface area contributed by atoms with Gasteiger partial charge in [-0.15, -0.1) is 0 Å². The molecule has 7 nitrogen and oxygen atoms in total. The Morgan fingerprint density at radius 1 is 1.36 bits per heavy atom. The molecule has 2 rings (SSSR count). The van der Waals surface area contributed by atoms with Crippen molar-refractivity contribution in [2.45, 2.75) is 38.7 Å². The van der Waals surface area contributed by atoms with Gasteiger partial charge in [0, 0.05) is 6.07 Å². The Balaban J connectivity index is 2.28. The van der Waals surface area contributed by atoms with E-state index in [1.807, 2.05) is 0 Å². The summed E-state index contributed by atoms with van der Waals surface area (Å²) in [6.45, 7) is 2.14. The first kappa shape index (κ1) is 16.5. The lowest BCUT2D eigenvalue weighted by Gasteiger charge is -2.28. The molecule has 1 aromatic rings. The molecule has 2 atom stereocenters. The highest BCUT2D eigenvalue weighted by Gasteiger charge is 2.23. The molecular weight excluding hydrogens is 308 g/mol. The zero-order chi connectivity index (χ0) is 16.3. The lowest BCUT2D eigenvalue weighted by molar-refractivity contribution is -0.384. The van der Waals surface area contributed by atoms with Crippen molar-refractivity contribution in [3.8, 4) is 5.75 Å². The number of anilines is 1. The Labute approximate surface area is 129 Å². The predicted molar refractivity (Wildman–Crippen MR) is 83.6 cm³/mol. The number of hydrogen-bond donors (Lipinski definition) is 1. The summed E-state index contributed by atoms with van der Waals surface area (Å²) in [7, 11) is -3.48. The van der Waals surface area contributed by atoms with Gasteiger partial charge >= 0.3 is 0 Å². The van der Waals surface area contributed by atoms with Crippen LogP contribution >= 0.6 is 0 Å². The van der Waals surface area contributed by atoms with Crippen LogP contribution in [0.1, 0.15) is 32.6 Å². The molecule has 0 aromatic heterocycles. The maximum Gasteiger partial charge on any atom is 0.273 e. The highest BCUT2D eigenvalue weighted by Crippen LogP contribution is 2.34. The van der Waals surface area contributed by atoms with Crippen molar-refractivity contribution in [1.82, 2.24) is 0 Å². The molecule has 1 aliphatic rings. The Bertz CT molecular complexity index is 659. The first-order valence-corrected chi connectivity index (χ1v) is 9.06. The molecule has 1 fully saturated rings. The fourth-order valence-corrected chi connectivity index (χ4v) is 3.24. The summed E-state index contributed by atoms with van der Waals surface area (Å²) in [5, 5.41) is 10.9. The summed E-state index contributed by atoms with van der Waals surface area (Å²) in [6, 6.07) is 3.89. The number of hydrogen-bond acceptors (Lipinski definition) is 5. The molecule has 22 heavy (non-hydrogen) atoms. The van der Waals surface area contributed by atoms with Gasteiger partial charge in [0.05, 0.1) is 29.0 Å². The largest absolute Gasteiger partial charge is 0.488 e. The van der Waals surface area contributed by atoms with Crippen LogP contribution in [0.4, 0.5) is 11.4 Å². The number of nitrogens with zero attached hydrogens (tertiary/aromatic N) is 1. The molecule has 0 saturated heterocycles. The molecule has 1 saturated carbocycles. The van der Waals surface area contributed by atoms with E-state index in [9.17, 15) is 18.5 Å². The van der Waals surface area contributed by atoms with E-state index in [0.717, 1.165) is 31.9 Å². The van der Waals surface area contributed by atoms with Crippen molar-refractivity contribution < 1.29 is 18.1 Å². The van der Waals surface area contributed by atoms with Crippen molar-refractivity contribution in [2.75, 3.05) is 11.0 Å². The Morgan fingerprint density at radius 2 is 2.09 bits per heavy atom. The van der Waals surface area contributed by atoms with E-state index in [-0.39, 0.29) is 23.2 Å². The average Bonchev–Trinajstić information content (AvgIpc) is 2.39. The number of rotatable bonds is 5. The minimum Gasteiger partial charge on any atom is -0.488 e. The lowest BCUT2D eigenvalue weighted by Crippen LogP contribution is -2.24. The highest BCUT2D eigenvalue weighted by molar-refractivity contribution is 7.92. The van der Waals surface area contributed by atoms with E-state index >= 15 is 0 Å². The molecular formula is C14H20N2O5S. The molecule has 0 radical (unpaired) electrons. The number of nitrogens with one attached hydrogen (secondary N) is 1. The number of nitro groups is 1. The van der Waals surface area contributed by atoms with Crippen LogP contribution in [0.3, 0.4) is 0 Å². The molecule has 8 heteroatoms. The number of ether oxygens (including phenoxy) is 1. The van der Waals surface area contributed by atoms with Gasteiger partial charge < -0.3 is 4.74 Å². The molecule has 1 aliphatic carbocycles. The molecule has 1 aromatic carbocycles. The zero-order valence-electron chi connectivity index (χ0n) is 12.6. The molecule has 0 aliphatic heterocycles. The second-order valence-corrected chi connectivity index (χ2v) is 7.57. The number of benzene rings is 1. The van der Waals surface area contributed by atoms with Gasteiger partial charge in [0.2, 0.25) is 10.0 Å². The van der Waals surface area contributed by atoms with E-state index in [1.165, 1.54) is 18.2 Å². The third-order valence-corrected chi connectivity index (χ3v) is 4.24. The van der Waals surface area contributed by atoms with Gasteiger partial charge in [-0.05, 0) is 31.2 Å². The van der Waals surface area contributed by atoms with E-state index in [0.29, 0.717) is 5.92 Å². The van der Waals surface area contributed by atoms with E-state index in [2.05, 4.69) is 11.6 Å². The van der Waals surface area contributed by atoms with Crippen LogP contribution in [-0.2, 0) is 10.0 Å². The molecule has 122 valence electrons. The van der Waals surface area contributed by atoms with Crippen LogP contribution in [0.5, 0.6) is 5.75 Å². The second-order valence-electron chi connectivity index (χ2n) is 5.82. The van der Waals surface area contributed by atoms with E-state index < -0.39 is 14.9 Å². The minimum absolute atomic E-state index is 0.0501. The summed E-state index contributed by atoms with van der Waals surface area (Å²) in [5.74, 6) is 0.738. The fraction of sp³-hybridized carbons (Fsp3) is 0.571. The predicted octanol–water partition coefficient (Wildman–Crippen LogP) is 2.92. The number of nitro benzene ring substituents is 1. The van der Waals surface area contributed by atoms with E-state index in [1.54, 1.807) is 0 Å². The van der Waals surface area contributed by atoms with Crippen molar-refractivity contribution in [3.05, 3.63) is 28.3 Å². The molecule has 0 spiro atoms. The Hall–Kier alpha value is -1.83. The third-order valence-electron chi connectivity index (χ3n) is 3.65. The molecule has 0 amide bonds. The normalized spacial score (nSPS) is 22.1. The Kier molecular flexibility index (Phi) is 4.90.